The number of ether oxygens (including phenoxy) is 3. The van der Waals surface area contributed by atoms with Crippen LogP contribution in [0.15, 0.2) is 0 Å². The summed E-state index contributed by atoms with van der Waals surface area (Å²) in [5, 5.41) is 1.65. The minimum atomic E-state index is -0.431. The first-order valence-corrected chi connectivity index (χ1v) is 4.85. The number of methoxy groups -OCH3 is 2. The summed E-state index contributed by atoms with van der Waals surface area (Å²) >= 11 is 0. The Kier molecular flexibility index (Phi) is 5.01. The molecule has 1 aliphatic heterocycles. The molecule has 5 nitrogen and oxygen atoms in total. The number of nitrogens with zero attached hydrogens (tertiary/aromatic N) is 1. The van der Waals surface area contributed by atoms with Gasteiger partial charge in [-0.3, -0.25) is 0 Å². The molecule has 0 aromatic heterocycles. The minimum Gasteiger partial charge on any atom is -0.382 e. The van der Waals surface area contributed by atoms with Crippen molar-refractivity contribution >= 4 is 7.85 Å². The number of hydrogen-bond acceptors (Lipinski definition) is 5. The van der Waals surface area contributed by atoms with Crippen LogP contribution in [0.2, 0.25) is 0 Å². The topological polar surface area (TPSA) is 40.2 Å². The first-order valence-electron chi connectivity index (χ1n) is 4.85. The van der Waals surface area contributed by atoms with E-state index in [2.05, 4.69) is 0 Å². The van der Waals surface area contributed by atoms with Crippen LogP contribution in [0.25, 0.3) is 0 Å². The predicted molar refractivity (Wildman–Crippen MR) is 55.6 cm³/mol. The lowest BCUT2D eigenvalue weighted by Gasteiger charge is -2.28. The molecular formula is C9H18BNO4. The van der Waals surface area contributed by atoms with Crippen molar-refractivity contribution in [2.75, 3.05) is 35.0 Å². The summed E-state index contributed by atoms with van der Waals surface area (Å²) in [7, 11) is 12.5. The molecule has 0 aromatic carbocycles. The first kappa shape index (κ1) is 12.9. The molecule has 0 bridgehead atoms. The highest BCUT2D eigenvalue weighted by atomic mass is 16.7. The molecule has 1 rings (SSSR count). The van der Waals surface area contributed by atoms with E-state index in [9.17, 15) is 0 Å². The molecule has 1 aliphatic rings. The number of rotatable bonds is 5. The van der Waals surface area contributed by atoms with Gasteiger partial charge in [-0.1, -0.05) is 0 Å². The average molecular weight is 215 g/mol. The Labute approximate surface area is 92.0 Å². The number of likely N-dealkylation sites (N-methyl/N-ethyl adjacent to an activating group) is 1. The summed E-state index contributed by atoms with van der Waals surface area (Å²) in [6.45, 7) is 0.459. The molecule has 0 aliphatic carbocycles. The fourth-order valence-electron chi connectivity index (χ4n) is 1.89. The SMILES string of the molecule is [B]C1O[C@H](COC)C(OC)C1N(C)OC. The monoisotopic (exact) mass is 215 g/mol. The van der Waals surface area contributed by atoms with Gasteiger partial charge in [0, 0.05) is 27.3 Å². The van der Waals surface area contributed by atoms with Crippen LogP contribution in [0.5, 0.6) is 0 Å². The van der Waals surface area contributed by atoms with E-state index in [1.54, 1.807) is 33.4 Å². The summed E-state index contributed by atoms with van der Waals surface area (Å²) in [5.74, 6) is 0. The van der Waals surface area contributed by atoms with Gasteiger partial charge in [0.15, 0.2) is 0 Å². The molecule has 4 atom stereocenters. The lowest BCUT2D eigenvalue weighted by molar-refractivity contribution is -0.164. The third-order valence-electron chi connectivity index (χ3n) is 2.68. The van der Waals surface area contributed by atoms with Crippen LogP contribution in [0.3, 0.4) is 0 Å². The second-order valence-electron chi connectivity index (χ2n) is 3.51. The smallest absolute Gasteiger partial charge is 0.111 e. The van der Waals surface area contributed by atoms with Gasteiger partial charge in [0.1, 0.15) is 20.1 Å². The van der Waals surface area contributed by atoms with Crippen molar-refractivity contribution < 1.29 is 19.0 Å². The summed E-state index contributed by atoms with van der Waals surface area (Å²) in [6, 6.07) is -0.555. The van der Waals surface area contributed by atoms with E-state index in [1.807, 2.05) is 0 Å². The second kappa shape index (κ2) is 5.82. The molecule has 1 heterocycles. The van der Waals surface area contributed by atoms with Gasteiger partial charge in [-0.05, 0) is 0 Å². The molecule has 6 heteroatoms. The van der Waals surface area contributed by atoms with Gasteiger partial charge in [-0.15, -0.1) is 0 Å². The number of hydroxylamine groups is 2. The maximum absolute atomic E-state index is 5.86. The van der Waals surface area contributed by atoms with Gasteiger partial charge in [0.05, 0.1) is 19.8 Å². The molecule has 0 aromatic rings. The molecule has 1 saturated heterocycles. The average Bonchev–Trinajstić information content (AvgIpc) is 2.54. The van der Waals surface area contributed by atoms with E-state index in [1.165, 1.54) is 0 Å². The van der Waals surface area contributed by atoms with Crippen molar-refractivity contribution in [3.05, 3.63) is 0 Å². The standard InChI is InChI=1S/C9H18BNO4/c1-11(14-4)7-8(13-3)6(5-12-2)15-9(7)10/h6-9H,5H2,1-4H3/t6-,7?,8?,9?/m1/s1. The zero-order valence-electron chi connectivity index (χ0n) is 9.67. The summed E-state index contributed by atoms with van der Waals surface area (Å²) < 4.78 is 16.0. The van der Waals surface area contributed by atoms with Crippen LogP contribution >= 0.6 is 0 Å². The van der Waals surface area contributed by atoms with Crippen LogP contribution in [-0.4, -0.2) is 72.1 Å². The summed E-state index contributed by atoms with van der Waals surface area (Å²) in [6.07, 6.45) is -0.303. The van der Waals surface area contributed by atoms with Crippen LogP contribution < -0.4 is 0 Å². The number of hydrogen-bond donors (Lipinski definition) is 0. The Morgan fingerprint density at radius 1 is 1.33 bits per heavy atom. The third-order valence-corrected chi connectivity index (χ3v) is 2.68. The van der Waals surface area contributed by atoms with Crippen LogP contribution in [0.4, 0.5) is 0 Å². The van der Waals surface area contributed by atoms with Crippen LogP contribution in [0, 0.1) is 0 Å². The zero-order chi connectivity index (χ0) is 11.4. The Balaban J connectivity index is 2.69. The van der Waals surface area contributed by atoms with Gasteiger partial charge in [0.25, 0.3) is 0 Å². The van der Waals surface area contributed by atoms with Crippen molar-refractivity contribution in [2.45, 2.75) is 24.3 Å². The maximum Gasteiger partial charge on any atom is 0.111 e. The van der Waals surface area contributed by atoms with E-state index in [0.29, 0.717) is 6.61 Å². The van der Waals surface area contributed by atoms with E-state index in [4.69, 9.17) is 26.9 Å². The van der Waals surface area contributed by atoms with Crippen LogP contribution in [0.1, 0.15) is 0 Å². The largest absolute Gasteiger partial charge is 0.382 e. The molecule has 0 saturated carbocycles. The highest BCUT2D eigenvalue weighted by molar-refractivity contribution is 6.11. The van der Waals surface area contributed by atoms with Gasteiger partial charge in [0.2, 0.25) is 0 Å². The van der Waals surface area contributed by atoms with E-state index in [-0.39, 0.29) is 18.2 Å². The van der Waals surface area contributed by atoms with E-state index in [0.717, 1.165) is 0 Å². The summed E-state index contributed by atoms with van der Waals surface area (Å²) in [5.41, 5.74) is 0. The van der Waals surface area contributed by atoms with Gasteiger partial charge in [-0.2, -0.15) is 5.06 Å². The highest BCUT2D eigenvalue weighted by Gasteiger charge is 2.44. The van der Waals surface area contributed by atoms with Crippen molar-refractivity contribution in [3.63, 3.8) is 0 Å². The first-order chi connectivity index (χ1) is 7.15. The summed E-state index contributed by atoms with van der Waals surface area (Å²) in [4.78, 5) is 5.12. The molecule has 3 unspecified atom stereocenters. The Morgan fingerprint density at radius 2 is 2.00 bits per heavy atom. The normalized spacial score (nSPS) is 36.3. The predicted octanol–water partition coefficient (Wildman–Crippen LogP) is -0.597. The molecule has 15 heavy (non-hydrogen) atoms. The second-order valence-corrected chi connectivity index (χ2v) is 3.51. The van der Waals surface area contributed by atoms with Crippen molar-refractivity contribution in [2.24, 2.45) is 0 Å². The molecule has 86 valence electrons. The molecular weight excluding hydrogens is 197 g/mol. The van der Waals surface area contributed by atoms with E-state index >= 15 is 0 Å². The Bertz CT molecular complexity index is 195. The molecule has 0 spiro atoms. The lowest BCUT2D eigenvalue weighted by Crippen LogP contribution is -2.47. The lowest BCUT2D eigenvalue weighted by atomic mass is 9.90. The van der Waals surface area contributed by atoms with Gasteiger partial charge >= 0.3 is 0 Å². The fourth-order valence-corrected chi connectivity index (χ4v) is 1.89. The molecule has 1 fully saturated rings. The molecule has 0 N–H and O–H groups in total. The maximum atomic E-state index is 5.86. The Hall–Kier alpha value is -0.135. The fraction of sp³-hybridized carbons (Fsp3) is 1.00. The van der Waals surface area contributed by atoms with Crippen molar-refractivity contribution in [3.8, 4) is 0 Å². The van der Waals surface area contributed by atoms with E-state index < -0.39 is 6.00 Å². The zero-order valence-corrected chi connectivity index (χ0v) is 9.67. The van der Waals surface area contributed by atoms with Gasteiger partial charge < -0.3 is 19.0 Å². The van der Waals surface area contributed by atoms with Crippen molar-refractivity contribution in [1.29, 1.82) is 0 Å². The Morgan fingerprint density at radius 3 is 2.47 bits per heavy atom. The molecule has 0 amide bonds. The van der Waals surface area contributed by atoms with Crippen molar-refractivity contribution in [1.82, 2.24) is 5.06 Å². The van der Waals surface area contributed by atoms with Crippen LogP contribution in [-0.2, 0) is 19.0 Å². The quantitative estimate of drug-likeness (QED) is 0.452. The highest BCUT2D eigenvalue weighted by Crippen LogP contribution is 2.25. The van der Waals surface area contributed by atoms with Gasteiger partial charge in [-0.25, -0.2) is 0 Å². The minimum absolute atomic E-state index is 0.125. The molecule has 2 radical (unpaired) electrons. The third kappa shape index (κ3) is 2.70.